The Morgan fingerprint density at radius 1 is 1.27 bits per heavy atom. The summed E-state index contributed by atoms with van der Waals surface area (Å²) >= 11 is 0. The van der Waals surface area contributed by atoms with Crippen molar-refractivity contribution < 1.29 is 9.59 Å². The highest BCUT2D eigenvalue weighted by molar-refractivity contribution is 6.01. The molecule has 0 bridgehead atoms. The van der Waals surface area contributed by atoms with Gasteiger partial charge in [0.05, 0.1) is 0 Å². The van der Waals surface area contributed by atoms with E-state index in [9.17, 15) is 9.59 Å². The first kappa shape index (κ1) is 8.20. The number of hydrogen-bond donors (Lipinski definition) is 1. The molecule has 1 saturated heterocycles. The number of imide groups is 1. The largest absolute Gasteiger partial charge is 0.330 e. The van der Waals surface area contributed by atoms with Crippen molar-refractivity contribution in [3.8, 4) is 0 Å². The molecule has 1 aliphatic rings. The Hall–Kier alpha value is -0.900. The van der Waals surface area contributed by atoms with E-state index in [0.717, 1.165) is 0 Å². The van der Waals surface area contributed by atoms with Gasteiger partial charge in [-0.15, -0.1) is 0 Å². The molecule has 4 heteroatoms. The van der Waals surface area contributed by atoms with Crippen LogP contribution in [0.2, 0.25) is 0 Å². The van der Waals surface area contributed by atoms with Crippen LogP contribution in [0.15, 0.2) is 0 Å². The molecule has 11 heavy (non-hydrogen) atoms. The molecule has 0 aromatic heterocycles. The summed E-state index contributed by atoms with van der Waals surface area (Å²) in [6.07, 6.45) is 1.46. The highest BCUT2D eigenvalue weighted by atomic mass is 16.2. The molecule has 0 radical (unpaired) electrons. The second-order valence-corrected chi connectivity index (χ2v) is 2.58. The molecule has 0 unspecified atom stereocenters. The minimum atomic E-state index is -0.0524. The van der Waals surface area contributed by atoms with Crippen LogP contribution in [0.25, 0.3) is 0 Å². The Balaban J connectivity index is 2.41. The lowest BCUT2D eigenvalue weighted by molar-refractivity contribution is -0.138. The highest BCUT2D eigenvalue weighted by Crippen LogP contribution is 2.11. The van der Waals surface area contributed by atoms with Crippen LogP contribution in [0.4, 0.5) is 0 Å². The lowest BCUT2D eigenvalue weighted by Crippen LogP contribution is -2.31. The number of nitrogens with zero attached hydrogens (tertiary/aromatic N) is 1. The maximum absolute atomic E-state index is 11.0. The van der Waals surface area contributed by atoms with E-state index < -0.39 is 0 Å². The van der Waals surface area contributed by atoms with Crippen LogP contribution in [-0.2, 0) is 9.59 Å². The van der Waals surface area contributed by atoms with Crippen molar-refractivity contribution in [1.82, 2.24) is 4.90 Å². The lowest BCUT2D eigenvalue weighted by Gasteiger charge is -2.11. The Morgan fingerprint density at radius 2 is 1.82 bits per heavy atom. The van der Waals surface area contributed by atoms with E-state index in [1.807, 2.05) is 0 Å². The quantitative estimate of drug-likeness (QED) is 0.559. The summed E-state index contributed by atoms with van der Waals surface area (Å²) in [5, 5.41) is 0. The monoisotopic (exact) mass is 156 g/mol. The third kappa shape index (κ3) is 1.77. The van der Waals surface area contributed by atoms with E-state index in [2.05, 4.69) is 0 Å². The van der Waals surface area contributed by atoms with E-state index in [1.165, 1.54) is 4.90 Å². The summed E-state index contributed by atoms with van der Waals surface area (Å²) in [4.78, 5) is 23.2. The summed E-state index contributed by atoms with van der Waals surface area (Å²) in [5.74, 6) is -0.105. The van der Waals surface area contributed by atoms with Crippen molar-refractivity contribution in [2.24, 2.45) is 5.73 Å². The second-order valence-electron chi connectivity index (χ2n) is 2.58. The topological polar surface area (TPSA) is 63.4 Å². The average molecular weight is 156 g/mol. The van der Waals surface area contributed by atoms with E-state index in [-0.39, 0.29) is 11.8 Å². The van der Waals surface area contributed by atoms with Gasteiger partial charge in [-0.3, -0.25) is 14.5 Å². The third-order valence-electron chi connectivity index (χ3n) is 1.74. The SMILES string of the molecule is NCCCN1C(=O)CCC1=O. The molecule has 2 amide bonds. The summed E-state index contributed by atoms with van der Waals surface area (Å²) in [6, 6.07) is 0. The summed E-state index contributed by atoms with van der Waals surface area (Å²) < 4.78 is 0. The van der Waals surface area contributed by atoms with Crippen LogP contribution in [0.5, 0.6) is 0 Å². The predicted molar refractivity (Wildman–Crippen MR) is 39.6 cm³/mol. The molecule has 0 atom stereocenters. The van der Waals surface area contributed by atoms with Gasteiger partial charge >= 0.3 is 0 Å². The molecule has 1 heterocycles. The smallest absolute Gasteiger partial charge is 0.229 e. The Labute approximate surface area is 65.3 Å². The normalized spacial score (nSPS) is 18.1. The number of rotatable bonds is 3. The fourth-order valence-electron chi connectivity index (χ4n) is 1.12. The van der Waals surface area contributed by atoms with Gasteiger partial charge in [-0.2, -0.15) is 0 Å². The highest BCUT2D eigenvalue weighted by Gasteiger charge is 2.27. The van der Waals surface area contributed by atoms with Crippen LogP contribution < -0.4 is 5.73 Å². The standard InChI is InChI=1S/C7H12N2O2/c8-4-1-5-9-6(10)2-3-7(9)11/h1-5,8H2. The molecule has 0 aromatic rings. The molecule has 1 fully saturated rings. The minimum Gasteiger partial charge on any atom is -0.330 e. The van der Waals surface area contributed by atoms with Gasteiger partial charge in [0.1, 0.15) is 0 Å². The van der Waals surface area contributed by atoms with E-state index in [1.54, 1.807) is 0 Å². The first-order chi connectivity index (χ1) is 5.25. The average Bonchev–Trinajstić information content (AvgIpc) is 2.29. The molecule has 1 rings (SSSR count). The molecule has 0 aromatic carbocycles. The zero-order valence-electron chi connectivity index (χ0n) is 6.38. The number of carbonyl (C=O) groups excluding carboxylic acids is 2. The first-order valence-corrected chi connectivity index (χ1v) is 3.79. The Kier molecular flexibility index (Phi) is 2.59. The van der Waals surface area contributed by atoms with Crippen LogP contribution in [0, 0.1) is 0 Å². The Morgan fingerprint density at radius 3 is 2.27 bits per heavy atom. The Bertz CT molecular complexity index is 163. The van der Waals surface area contributed by atoms with Crippen molar-refractivity contribution in [2.45, 2.75) is 19.3 Å². The van der Waals surface area contributed by atoms with E-state index >= 15 is 0 Å². The maximum atomic E-state index is 11.0. The number of carbonyl (C=O) groups is 2. The molecule has 1 aliphatic heterocycles. The van der Waals surface area contributed by atoms with E-state index in [0.29, 0.717) is 32.4 Å². The number of amides is 2. The molecular formula is C7H12N2O2. The molecule has 0 saturated carbocycles. The predicted octanol–water partition coefficient (Wildman–Crippen LogP) is -0.516. The number of hydrogen-bond acceptors (Lipinski definition) is 3. The molecule has 2 N–H and O–H groups in total. The van der Waals surface area contributed by atoms with Gasteiger partial charge in [0.15, 0.2) is 0 Å². The fraction of sp³-hybridized carbons (Fsp3) is 0.714. The van der Waals surface area contributed by atoms with Crippen molar-refractivity contribution in [3.63, 3.8) is 0 Å². The second kappa shape index (κ2) is 3.48. The number of nitrogens with two attached hydrogens (primary N) is 1. The van der Waals surface area contributed by atoms with Crippen LogP contribution in [0.3, 0.4) is 0 Å². The van der Waals surface area contributed by atoms with Crippen molar-refractivity contribution >= 4 is 11.8 Å². The molecule has 4 nitrogen and oxygen atoms in total. The van der Waals surface area contributed by atoms with E-state index in [4.69, 9.17) is 5.73 Å². The lowest BCUT2D eigenvalue weighted by atomic mass is 10.4. The molecular weight excluding hydrogens is 144 g/mol. The number of likely N-dealkylation sites (tertiary alicyclic amines) is 1. The van der Waals surface area contributed by atoms with Gasteiger partial charge < -0.3 is 5.73 Å². The van der Waals surface area contributed by atoms with Crippen LogP contribution >= 0.6 is 0 Å². The third-order valence-corrected chi connectivity index (χ3v) is 1.74. The summed E-state index contributed by atoms with van der Waals surface area (Å²) in [5.41, 5.74) is 5.25. The van der Waals surface area contributed by atoms with Crippen molar-refractivity contribution in [1.29, 1.82) is 0 Å². The maximum Gasteiger partial charge on any atom is 0.229 e. The van der Waals surface area contributed by atoms with Crippen LogP contribution in [0.1, 0.15) is 19.3 Å². The van der Waals surface area contributed by atoms with Gasteiger partial charge in [-0.1, -0.05) is 0 Å². The zero-order valence-corrected chi connectivity index (χ0v) is 6.38. The van der Waals surface area contributed by atoms with Crippen molar-refractivity contribution in [3.05, 3.63) is 0 Å². The van der Waals surface area contributed by atoms with Gasteiger partial charge in [-0.25, -0.2) is 0 Å². The van der Waals surface area contributed by atoms with Gasteiger partial charge in [0, 0.05) is 19.4 Å². The van der Waals surface area contributed by atoms with Crippen LogP contribution in [-0.4, -0.2) is 29.8 Å². The fourth-order valence-corrected chi connectivity index (χ4v) is 1.12. The van der Waals surface area contributed by atoms with Gasteiger partial charge in [0.25, 0.3) is 0 Å². The molecule has 0 spiro atoms. The molecule has 0 aliphatic carbocycles. The zero-order chi connectivity index (χ0) is 8.27. The van der Waals surface area contributed by atoms with Gasteiger partial charge in [-0.05, 0) is 13.0 Å². The molecule has 62 valence electrons. The summed E-state index contributed by atoms with van der Waals surface area (Å²) in [6.45, 7) is 1.02. The summed E-state index contributed by atoms with van der Waals surface area (Å²) in [7, 11) is 0. The first-order valence-electron chi connectivity index (χ1n) is 3.79. The van der Waals surface area contributed by atoms with Crippen molar-refractivity contribution in [2.75, 3.05) is 13.1 Å². The van der Waals surface area contributed by atoms with Gasteiger partial charge in [0.2, 0.25) is 11.8 Å². The minimum absolute atomic E-state index is 0.0524.